The summed E-state index contributed by atoms with van der Waals surface area (Å²) in [5.41, 5.74) is 0. The van der Waals surface area contributed by atoms with E-state index in [0.717, 1.165) is 6.54 Å². The molecule has 1 unspecified atom stereocenters. The zero-order chi connectivity index (χ0) is 11.3. The van der Waals surface area contributed by atoms with E-state index in [9.17, 15) is 4.79 Å². The summed E-state index contributed by atoms with van der Waals surface area (Å²) in [7, 11) is 0. The van der Waals surface area contributed by atoms with Gasteiger partial charge in [0.25, 0.3) is 0 Å². The smallest absolute Gasteiger partial charge is 0.320 e. The van der Waals surface area contributed by atoms with Crippen molar-refractivity contribution in [2.75, 3.05) is 18.8 Å². The van der Waals surface area contributed by atoms with Crippen LogP contribution < -0.4 is 5.32 Å². The molecule has 0 aromatic carbocycles. The molecule has 1 heterocycles. The van der Waals surface area contributed by atoms with Crippen molar-refractivity contribution in [3.8, 4) is 0 Å². The Morgan fingerprint density at radius 1 is 1.60 bits per heavy atom. The number of rotatable bonds is 5. The Morgan fingerprint density at radius 3 is 2.87 bits per heavy atom. The number of ether oxygens (including phenoxy) is 1. The normalized spacial score (nSPS) is 25.9. The number of hydrogen-bond donors (Lipinski definition) is 1. The van der Waals surface area contributed by atoms with E-state index < -0.39 is 0 Å². The lowest BCUT2D eigenvalue weighted by molar-refractivity contribution is -0.146. The summed E-state index contributed by atoms with van der Waals surface area (Å²) < 4.78 is 5.36. The van der Waals surface area contributed by atoms with Gasteiger partial charge in [-0.25, -0.2) is 0 Å². The van der Waals surface area contributed by atoms with E-state index in [1.807, 2.05) is 25.6 Å². The van der Waals surface area contributed by atoms with Gasteiger partial charge in [0.05, 0.1) is 12.6 Å². The van der Waals surface area contributed by atoms with Crippen LogP contribution in [-0.4, -0.2) is 35.7 Å². The van der Waals surface area contributed by atoms with Crippen molar-refractivity contribution in [3.05, 3.63) is 0 Å². The van der Waals surface area contributed by atoms with Crippen LogP contribution in [0.1, 0.15) is 33.6 Å². The minimum Gasteiger partial charge on any atom is -0.462 e. The van der Waals surface area contributed by atoms with E-state index in [2.05, 4.69) is 12.2 Å². The summed E-state index contributed by atoms with van der Waals surface area (Å²) in [6.45, 7) is 7.21. The van der Waals surface area contributed by atoms with E-state index in [-0.39, 0.29) is 12.1 Å². The predicted molar refractivity (Wildman–Crippen MR) is 64.2 cm³/mol. The van der Waals surface area contributed by atoms with E-state index in [1.165, 1.54) is 18.6 Å². The molecule has 3 nitrogen and oxygen atoms in total. The molecule has 1 rings (SSSR count). The minimum atomic E-state index is -0.156. The molecule has 0 aromatic rings. The molecule has 1 aliphatic rings. The monoisotopic (exact) mass is 231 g/mol. The fourth-order valence-electron chi connectivity index (χ4n) is 1.71. The van der Waals surface area contributed by atoms with Crippen molar-refractivity contribution in [2.24, 2.45) is 0 Å². The average molecular weight is 231 g/mol. The van der Waals surface area contributed by atoms with E-state index in [4.69, 9.17) is 4.74 Å². The van der Waals surface area contributed by atoms with Crippen LogP contribution in [0.5, 0.6) is 0 Å². The van der Waals surface area contributed by atoms with Crippen molar-refractivity contribution in [1.82, 2.24) is 5.32 Å². The first-order chi connectivity index (χ1) is 7.02. The summed E-state index contributed by atoms with van der Waals surface area (Å²) in [5, 5.41) is 3.18. The van der Waals surface area contributed by atoms with Gasteiger partial charge in [-0.15, -0.1) is 0 Å². The maximum atomic E-state index is 11.2. The topological polar surface area (TPSA) is 38.3 Å². The van der Waals surface area contributed by atoms with Gasteiger partial charge in [0.1, 0.15) is 0 Å². The Kier molecular flexibility index (Phi) is 4.93. The molecule has 4 heteroatoms. The lowest BCUT2D eigenvalue weighted by atomic mass is 10.1. The van der Waals surface area contributed by atoms with Gasteiger partial charge in [-0.2, -0.15) is 11.8 Å². The molecule has 15 heavy (non-hydrogen) atoms. The average Bonchev–Trinajstić information content (AvgIpc) is 2.51. The Balaban J connectivity index is 2.12. The van der Waals surface area contributed by atoms with Gasteiger partial charge in [-0.05, 0) is 39.4 Å². The summed E-state index contributed by atoms with van der Waals surface area (Å²) >= 11 is 2.00. The molecule has 0 bridgehead atoms. The van der Waals surface area contributed by atoms with Crippen LogP contribution in [-0.2, 0) is 9.53 Å². The van der Waals surface area contributed by atoms with Crippen LogP contribution in [0.4, 0.5) is 0 Å². The van der Waals surface area contributed by atoms with Gasteiger partial charge in [0, 0.05) is 11.3 Å². The summed E-state index contributed by atoms with van der Waals surface area (Å²) in [4.78, 5) is 11.2. The molecule has 1 fully saturated rings. The van der Waals surface area contributed by atoms with Crippen LogP contribution in [0.2, 0.25) is 0 Å². The molecule has 0 aromatic heterocycles. The first kappa shape index (κ1) is 12.8. The molecule has 0 saturated carbocycles. The van der Waals surface area contributed by atoms with Gasteiger partial charge < -0.3 is 10.1 Å². The highest BCUT2D eigenvalue weighted by atomic mass is 32.2. The lowest BCUT2D eigenvalue weighted by Crippen LogP contribution is -2.36. The summed E-state index contributed by atoms with van der Waals surface area (Å²) in [6.07, 6.45) is 2.51. The SMILES string of the molecule is CC(C)OC(=O)CNCC1(C)CCCS1. The molecule has 1 aliphatic heterocycles. The third-order valence-electron chi connectivity index (χ3n) is 2.44. The Labute approximate surface area is 96.3 Å². The number of thioether (sulfide) groups is 1. The maximum absolute atomic E-state index is 11.2. The molecular weight excluding hydrogens is 210 g/mol. The van der Waals surface area contributed by atoms with Crippen LogP contribution >= 0.6 is 11.8 Å². The number of carbonyl (C=O) groups excluding carboxylic acids is 1. The van der Waals surface area contributed by atoms with E-state index in [0.29, 0.717) is 11.3 Å². The lowest BCUT2D eigenvalue weighted by Gasteiger charge is -2.22. The number of hydrogen-bond acceptors (Lipinski definition) is 4. The van der Waals surface area contributed by atoms with Crippen molar-refractivity contribution in [1.29, 1.82) is 0 Å². The summed E-state index contributed by atoms with van der Waals surface area (Å²) in [5.74, 6) is 1.09. The highest BCUT2D eigenvalue weighted by Gasteiger charge is 2.28. The Bertz CT molecular complexity index is 213. The first-order valence-electron chi connectivity index (χ1n) is 5.56. The molecule has 0 radical (unpaired) electrons. The highest BCUT2D eigenvalue weighted by molar-refractivity contribution is 8.00. The molecular formula is C11H21NO2S. The molecule has 1 atom stereocenters. The fourth-order valence-corrected chi connectivity index (χ4v) is 2.98. The molecule has 88 valence electrons. The zero-order valence-electron chi connectivity index (χ0n) is 9.84. The van der Waals surface area contributed by atoms with Crippen molar-refractivity contribution >= 4 is 17.7 Å². The first-order valence-corrected chi connectivity index (χ1v) is 6.54. The quantitative estimate of drug-likeness (QED) is 0.732. The second-order valence-electron chi connectivity index (χ2n) is 4.54. The van der Waals surface area contributed by atoms with Gasteiger partial charge in [0.15, 0.2) is 0 Å². The third kappa shape index (κ3) is 4.89. The molecule has 1 saturated heterocycles. The van der Waals surface area contributed by atoms with Gasteiger partial charge in [-0.3, -0.25) is 4.79 Å². The molecule has 0 aliphatic carbocycles. The maximum Gasteiger partial charge on any atom is 0.320 e. The van der Waals surface area contributed by atoms with Crippen molar-refractivity contribution < 1.29 is 9.53 Å². The molecule has 0 spiro atoms. The number of carbonyl (C=O) groups is 1. The standard InChI is InChI=1S/C11H21NO2S/c1-9(2)14-10(13)7-12-8-11(3)5-4-6-15-11/h9,12H,4-8H2,1-3H3. The van der Waals surface area contributed by atoms with E-state index >= 15 is 0 Å². The van der Waals surface area contributed by atoms with Crippen LogP contribution in [0.15, 0.2) is 0 Å². The summed E-state index contributed by atoms with van der Waals surface area (Å²) in [6, 6.07) is 0. The van der Waals surface area contributed by atoms with Gasteiger partial charge in [-0.1, -0.05) is 0 Å². The van der Waals surface area contributed by atoms with Crippen molar-refractivity contribution in [3.63, 3.8) is 0 Å². The highest BCUT2D eigenvalue weighted by Crippen LogP contribution is 2.36. The van der Waals surface area contributed by atoms with Crippen LogP contribution in [0.25, 0.3) is 0 Å². The van der Waals surface area contributed by atoms with Gasteiger partial charge in [0.2, 0.25) is 0 Å². The van der Waals surface area contributed by atoms with E-state index in [1.54, 1.807) is 0 Å². The largest absolute Gasteiger partial charge is 0.462 e. The number of nitrogens with one attached hydrogen (secondary N) is 1. The third-order valence-corrected chi connectivity index (χ3v) is 3.97. The fraction of sp³-hybridized carbons (Fsp3) is 0.909. The molecule has 0 amide bonds. The Morgan fingerprint density at radius 2 is 2.33 bits per heavy atom. The zero-order valence-corrected chi connectivity index (χ0v) is 10.7. The number of esters is 1. The second-order valence-corrected chi connectivity index (χ2v) is 6.23. The van der Waals surface area contributed by atoms with Crippen LogP contribution in [0.3, 0.4) is 0 Å². The van der Waals surface area contributed by atoms with Crippen molar-refractivity contribution in [2.45, 2.75) is 44.5 Å². The van der Waals surface area contributed by atoms with Crippen LogP contribution in [0, 0.1) is 0 Å². The predicted octanol–water partition coefficient (Wildman–Crippen LogP) is 1.81. The Hall–Kier alpha value is -0.220. The molecule has 1 N–H and O–H groups in total. The van der Waals surface area contributed by atoms with Gasteiger partial charge >= 0.3 is 5.97 Å². The second kappa shape index (κ2) is 5.75. The minimum absolute atomic E-state index is 0.0178.